The highest BCUT2D eigenvalue weighted by atomic mass is 31.2. The zero-order chi connectivity index (χ0) is 16.0. The summed E-state index contributed by atoms with van der Waals surface area (Å²) in [5.41, 5.74) is 2.46. The molecule has 0 atom stereocenters. The molecule has 1 heterocycles. The fourth-order valence-corrected chi connectivity index (χ4v) is 4.27. The second-order valence-electron chi connectivity index (χ2n) is 5.23. The van der Waals surface area contributed by atoms with E-state index in [2.05, 4.69) is 42.0 Å². The highest BCUT2D eigenvalue weighted by Gasteiger charge is 2.23. The lowest BCUT2D eigenvalue weighted by Gasteiger charge is -2.16. The molecule has 1 aromatic carbocycles. The Morgan fingerprint density at radius 2 is 1.77 bits per heavy atom. The van der Waals surface area contributed by atoms with Crippen molar-refractivity contribution in [1.82, 2.24) is 0 Å². The SMILES string of the molecule is CCOP(=O)(CCC[n+]1ccc(C)c2ccccc21)OCC. The number of para-hydroxylation sites is 1. The lowest BCUT2D eigenvalue weighted by atomic mass is 10.1. The van der Waals surface area contributed by atoms with Crippen molar-refractivity contribution in [3.05, 3.63) is 42.1 Å². The van der Waals surface area contributed by atoms with Crippen LogP contribution in [0.4, 0.5) is 0 Å². The van der Waals surface area contributed by atoms with E-state index < -0.39 is 7.60 Å². The number of hydrogen-bond acceptors (Lipinski definition) is 3. The molecule has 2 rings (SSSR count). The van der Waals surface area contributed by atoms with Gasteiger partial charge in [-0.15, -0.1) is 0 Å². The molecule has 120 valence electrons. The zero-order valence-electron chi connectivity index (χ0n) is 13.6. The third-order valence-electron chi connectivity index (χ3n) is 3.63. The molecule has 0 bridgehead atoms. The van der Waals surface area contributed by atoms with E-state index in [0.29, 0.717) is 19.4 Å². The number of nitrogens with zero attached hydrogens (tertiary/aromatic N) is 1. The summed E-state index contributed by atoms with van der Waals surface area (Å²) in [5, 5.41) is 1.25. The molecule has 0 N–H and O–H groups in total. The van der Waals surface area contributed by atoms with Gasteiger partial charge in [0.05, 0.1) is 19.4 Å². The Morgan fingerprint density at radius 3 is 2.45 bits per heavy atom. The van der Waals surface area contributed by atoms with Crippen molar-refractivity contribution in [3.63, 3.8) is 0 Å². The molecule has 0 aliphatic heterocycles. The second-order valence-corrected chi connectivity index (χ2v) is 7.42. The lowest BCUT2D eigenvalue weighted by Crippen LogP contribution is -2.34. The maximum Gasteiger partial charge on any atom is 0.330 e. The fourth-order valence-electron chi connectivity index (χ4n) is 2.62. The van der Waals surface area contributed by atoms with E-state index in [4.69, 9.17) is 9.05 Å². The van der Waals surface area contributed by atoms with Gasteiger partial charge in [0.15, 0.2) is 6.20 Å². The van der Waals surface area contributed by atoms with Crippen LogP contribution in [-0.4, -0.2) is 19.4 Å². The van der Waals surface area contributed by atoms with Crippen LogP contribution in [0.1, 0.15) is 25.8 Å². The van der Waals surface area contributed by atoms with Crippen LogP contribution in [0.2, 0.25) is 0 Å². The minimum atomic E-state index is -2.94. The molecule has 1 aromatic heterocycles. The molecular formula is C17H25NO3P+. The summed E-state index contributed by atoms with van der Waals surface area (Å²) in [5.74, 6) is 0. The molecule has 0 radical (unpaired) electrons. The predicted molar refractivity (Wildman–Crippen MR) is 89.2 cm³/mol. The van der Waals surface area contributed by atoms with Gasteiger partial charge < -0.3 is 9.05 Å². The number of hydrogen-bond donors (Lipinski definition) is 0. The van der Waals surface area contributed by atoms with Crippen molar-refractivity contribution in [2.45, 2.75) is 33.7 Å². The average Bonchev–Trinajstić information content (AvgIpc) is 2.50. The topological polar surface area (TPSA) is 39.4 Å². The van der Waals surface area contributed by atoms with Crippen molar-refractivity contribution in [2.24, 2.45) is 0 Å². The van der Waals surface area contributed by atoms with Crippen molar-refractivity contribution in [2.75, 3.05) is 19.4 Å². The van der Waals surface area contributed by atoms with Crippen molar-refractivity contribution < 1.29 is 18.2 Å². The maximum atomic E-state index is 12.5. The van der Waals surface area contributed by atoms with E-state index in [1.807, 2.05) is 19.9 Å². The minimum absolute atomic E-state index is 0.415. The predicted octanol–water partition coefficient (Wildman–Crippen LogP) is 4.09. The first-order valence-corrected chi connectivity index (χ1v) is 9.58. The van der Waals surface area contributed by atoms with Crippen LogP contribution in [0, 0.1) is 6.92 Å². The van der Waals surface area contributed by atoms with Gasteiger partial charge in [-0.3, -0.25) is 4.57 Å². The largest absolute Gasteiger partial charge is 0.330 e. The molecule has 0 saturated carbocycles. The second kappa shape index (κ2) is 7.87. The van der Waals surface area contributed by atoms with E-state index in [1.165, 1.54) is 16.5 Å². The highest BCUT2D eigenvalue weighted by Crippen LogP contribution is 2.48. The first-order valence-electron chi connectivity index (χ1n) is 7.85. The summed E-state index contributed by atoms with van der Waals surface area (Å²) in [6.07, 6.45) is 3.29. The zero-order valence-corrected chi connectivity index (χ0v) is 14.5. The van der Waals surface area contributed by atoms with E-state index in [9.17, 15) is 4.57 Å². The van der Waals surface area contributed by atoms with Crippen LogP contribution in [0.15, 0.2) is 36.5 Å². The molecule has 0 spiro atoms. The molecule has 4 nitrogen and oxygen atoms in total. The Morgan fingerprint density at radius 1 is 1.09 bits per heavy atom. The molecule has 2 aromatic rings. The summed E-state index contributed by atoms with van der Waals surface area (Å²) < 4.78 is 25.3. The Balaban J connectivity index is 2.09. The van der Waals surface area contributed by atoms with Crippen LogP contribution in [0.5, 0.6) is 0 Å². The highest BCUT2D eigenvalue weighted by molar-refractivity contribution is 7.53. The normalized spacial score (nSPS) is 12.0. The number of rotatable bonds is 8. The summed E-state index contributed by atoms with van der Waals surface area (Å²) >= 11 is 0. The van der Waals surface area contributed by atoms with E-state index in [1.54, 1.807) is 0 Å². The minimum Gasteiger partial charge on any atom is -0.309 e. The van der Waals surface area contributed by atoms with Crippen molar-refractivity contribution >= 4 is 18.5 Å². The van der Waals surface area contributed by atoms with E-state index in [-0.39, 0.29) is 0 Å². The Hall–Kier alpha value is -1.22. The molecule has 0 aliphatic carbocycles. The molecule has 5 heteroatoms. The molecule has 0 unspecified atom stereocenters. The van der Waals surface area contributed by atoms with Gasteiger partial charge in [0.25, 0.3) is 0 Å². The quantitative estimate of drug-likeness (QED) is 0.543. The monoisotopic (exact) mass is 322 g/mol. The van der Waals surface area contributed by atoms with Crippen molar-refractivity contribution in [3.8, 4) is 0 Å². The molecule has 22 heavy (non-hydrogen) atoms. The van der Waals surface area contributed by atoms with Crippen LogP contribution in [0.25, 0.3) is 10.9 Å². The molecule has 0 fully saturated rings. The number of fused-ring (bicyclic) bond motifs is 1. The van der Waals surface area contributed by atoms with E-state index >= 15 is 0 Å². The lowest BCUT2D eigenvalue weighted by molar-refractivity contribution is -0.671. The van der Waals surface area contributed by atoms with Crippen LogP contribution < -0.4 is 4.57 Å². The molecule has 0 amide bonds. The van der Waals surface area contributed by atoms with Gasteiger partial charge in [0, 0.05) is 23.9 Å². The van der Waals surface area contributed by atoms with Crippen LogP contribution in [0.3, 0.4) is 0 Å². The summed E-state index contributed by atoms with van der Waals surface area (Å²) in [4.78, 5) is 0. The first-order chi connectivity index (χ1) is 10.6. The third kappa shape index (κ3) is 4.16. The average molecular weight is 322 g/mol. The van der Waals surface area contributed by atoms with Gasteiger partial charge in [-0.25, -0.2) is 0 Å². The smallest absolute Gasteiger partial charge is 0.309 e. The molecule has 0 saturated heterocycles. The maximum absolute atomic E-state index is 12.5. The summed E-state index contributed by atoms with van der Waals surface area (Å²) in [6.45, 7) is 7.42. The van der Waals surface area contributed by atoms with Crippen LogP contribution >= 0.6 is 7.60 Å². The van der Waals surface area contributed by atoms with Gasteiger partial charge in [-0.1, -0.05) is 12.1 Å². The Kier molecular flexibility index (Phi) is 6.13. The standard InChI is InChI=1S/C17H25NO3P/c1-4-20-22(19,21-5-2)14-8-12-18-13-11-15(3)16-9-6-7-10-17(16)18/h6-7,9-11,13H,4-5,8,12,14H2,1-3H3/q+1. The summed E-state index contributed by atoms with van der Waals surface area (Å²) in [6, 6.07) is 10.5. The Labute approximate surface area is 132 Å². The first kappa shape index (κ1) is 17.1. The number of aromatic nitrogens is 1. The van der Waals surface area contributed by atoms with Gasteiger partial charge in [-0.05, 0) is 32.4 Å². The number of aryl methyl sites for hydroxylation is 2. The molecule has 0 aliphatic rings. The van der Waals surface area contributed by atoms with Gasteiger partial charge >= 0.3 is 7.60 Å². The van der Waals surface area contributed by atoms with Gasteiger partial charge in [-0.2, -0.15) is 4.57 Å². The number of pyridine rings is 1. The van der Waals surface area contributed by atoms with E-state index in [0.717, 1.165) is 13.0 Å². The van der Waals surface area contributed by atoms with Crippen LogP contribution in [-0.2, 0) is 20.2 Å². The molecular weight excluding hydrogens is 297 g/mol. The Bertz CT molecular complexity index is 662. The van der Waals surface area contributed by atoms with Gasteiger partial charge in [0.1, 0.15) is 6.54 Å². The van der Waals surface area contributed by atoms with Gasteiger partial charge in [0.2, 0.25) is 5.52 Å². The summed E-state index contributed by atoms with van der Waals surface area (Å²) in [7, 11) is -2.94. The fraction of sp³-hybridized carbons (Fsp3) is 0.471. The third-order valence-corrected chi connectivity index (χ3v) is 5.79. The number of benzene rings is 1. The van der Waals surface area contributed by atoms with Crippen molar-refractivity contribution in [1.29, 1.82) is 0 Å².